The summed E-state index contributed by atoms with van der Waals surface area (Å²) in [5, 5.41) is 12.1. The van der Waals surface area contributed by atoms with Gasteiger partial charge < -0.3 is 5.32 Å². The molecule has 0 aromatic heterocycles. The zero-order valence-corrected chi connectivity index (χ0v) is 15.6. The molecule has 1 fully saturated rings. The van der Waals surface area contributed by atoms with Crippen LogP contribution < -0.4 is 5.32 Å². The summed E-state index contributed by atoms with van der Waals surface area (Å²) in [5.74, 6) is -0.439. The van der Waals surface area contributed by atoms with Crippen LogP contribution in [0.15, 0.2) is 29.2 Å². The minimum atomic E-state index is -3.81. The number of nitriles is 1. The zero-order chi connectivity index (χ0) is 18.4. The summed E-state index contributed by atoms with van der Waals surface area (Å²) in [6, 6.07) is 7.94. The summed E-state index contributed by atoms with van der Waals surface area (Å²) in [7, 11) is -3.81. The molecule has 0 saturated carbocycles. The first-order valence-electron chi connectivity index (χ1n) is 8.70. The maximum Gasteiger partial charge on any atom is 0.244 e. The Balaban J connectivity index is 2.21. The lowest BCUT2D eigenvalue weighted by Crippen LogP contribution is -2.49. The van der Waals surface area contributed by atoms with Crippen LogP contribution in [0.4, 0.5) is 0 Å². The summed E-state index contributed by atoms with van der Waals surface area (Å²) in [4.78, 5) is 12.3. The fourth-order valence-corrected chi connectivity index (χ4v) is 4.92. The van der Waals surface area contributed by atoms with Gasteiger partial charge in [-0.05, 0) is 38.3 Å². The number of nitrogens with one attached hydrogen (secondary N) is 1. The van der Waals surface area contributed by atoms with Crippen molar-refractivity contribution < 1.29 is 13.2 Å². The average molecular weight is 363 g/mol. The molecule has 1 N–H and O–H groups in total. The normalized spacial score (nSPS) is 21.5. The van der Waals surface area contributed by atoms with Crippen molar-refractivity contribution >= 4 is 15.9 Å². The summed E-state index contributed by atoms with van der Waals surface area (Å²) in [6.45, 7) is 4.67. The van der Waals surface area contributed by atoms with Gasteiger partial charge in [-0.15, -0.1) is 0 Å². The van der Waals surface area contributed by atoms with Crippen molar-refractivity contribution in [1.29, 1.82) is 5.26 Å². The van der Waals surface area contributed by atoms with E-state index in [4.69, 9.17) is 0 Å². The highest BCUT2D eigenvalue weighted by Crippen LogP contribution is 2.29. The lowest BCUT2D eigenvalue weighted by Gasteiger charge is -2.36. The summed E-state index contributed by atoms with van der Waals surface area (Å²) in [6.07, 6.45) is 3.20. The van der Waals surface area contributed by atoms with E-state index in [2.05, 4.69) is 12.2 Å². The molecule has 1 heterocycles. The number of amides is 1. The van der Waals surface area contributed by atoms with Crippen molar-refractivity contribution in [2.75, 3.05) is 13.1 Å². The molecule has 6 nitrogen and oxygen atoms in total. The number of hydrogen-bond donors (Lipinski definition) is 1. The van der Waals surface area contributed by atoms with Gasteiger partial charge in [0, 0.05) is 19.1 Å². The maximum atomic E-state index is 13.0. The van der Waals surface area contributed by atoms with E-state index in [9.17, 15) is 18.5 Å². The van der Waals surface area contributed by atoms with Gasteiger partial charge in [-0.25, -0.2) is 8.42 Å². The van der Waals surface area contributed by atoms with Crippen LogP contribution in [-0.4, -0.2) is 37.8 Å². The number of carbonyl (C=O) groups is 1. The first-order valence-corrected chi connectivity index (χ1v) is 10.1. The Morgan fingerprint density at radius 3 is 2.76 bits per heavy atom. The topological polar surface area (TPSA) is 90.3 Å². The number of carbonyl (C=O) groups excluding carboxylic acids is 1. The zero-order valence-electron chi connectivity index (χ0n) is 14.7. The maximum absolute atomic E-state index is 13.0. The van der Waals surface area contributed by atoms with Crippen molar-refractivity contribution in [1.82, 2.24) is 9.62 Å². The molecule has 2 atom stereocenters. The number of unbranched alkanes of at least 4 members (excludes halogenated alkanes) is 1. The van der Waals surface area contributed by atoms with E-state index < -0.39 is 10.0 Å². The van der Waals surface area contributed by atoms with Gasteiger partial charge in [-0.1, -0.05) is 25.5 Å². The first-order chi connectivity index (χ1) is 11.9. The Morgan fingerprint density at radius 2 is 2.08 bits per heavy atom. The minimum Gasteiger partial charge on any atom is -0.356 e. The van der Waals surface area contributed by atoms with Crippen molar-refractivity contribution in [3.8, 4) is 6.07 Å². The van der Waals surface area contributed by atoms with Crippen LogP contribution in [-0.2, 0) is 14.8 Å². The van der Waals surface area contributed by atoms with Crippen LogP contribution in [0.3, 0.4) is 0 Å². The molecular formula is C18H25N3O3S. The van der Waals surface area contributed by atoms with Gasteiger partial charge in [-0.2, -0.15) is 9.57 Å². The fourth-order valence-electron chi connectivity index (χ4n) is 3.07. The molecule has 1 aliphatic rings. The van der Waals surface area contributed by atoms with E-state index in [1.54, 1.807) is 12.1 Å². The predicted octanol–water partition coefficient (Wildman–Crippen LogP) is 2.26. The van der Waals surface area contributed by atoms with Gasteiger partial charge in [0.1, 0.15) is 6.07 Å². The second-order valence-corrected chi connectivity index (χ2v) is 8.31. The molecule has 7 heteroatoms. The van der Waals surface area contributed by atoms with E-state index in [1.807, 2.05) is 13.0 Å². The smallest absolute Gasteiger partial charge is 0.244 e. The predicted molar refractivity (Wildman–Crippen MR) is 95.2 cm³/mol. The van der Waals surface area contributed by atoms with Gasteiger partial charge >= 0.3 is 0 Å². The average Bonchev–Trinajstić information content (AvgIpc) is 2.62. The quantitative estimate of drug-likeness (QED) is 0.785. The van der Waals surface area contributed by atoms with E-state index in [-0.39, 0.29) is 34.9 Å². The molecule has 1 aromatic rings. The van der Waals surface area contributed by atoms with Crippen molar-refractivity contribution in [2.45, 2.75) is 50.5 Å². The molecular weight excluding hydrogens is 338 g/mol. The molecule has 136 valence electrons. The van der Waals surface area contributed by atoms with Crippen molar-refractivity contribution in [3.63, 3.8) is 0 Å². The van der Waals surface area contributed by atoms with Crippen LogP contribution in [0.5, 0.6) is 0 Å². The highest BCUT2D eigenvalue weighted by Gasteiger charge is 2.38. The second kappa shape index (κ2) is 8.45. The van der Waals surface area contributed by atoms with Gasteiger partial charge in [0.05, 0.1) is 16.4 Å². The van der Waals surface area contributed by atoms with Gasteiger partial charge in [0.15, 0.2) is 0 Å². The number of rotatable bonds is 6. The molecule has 0 aliphatic carbocycles. The number of benzene rings is 1. The molecule has 0 bridgehead atoms. The molecule has 1 aromatic carbocycles. The lowest BCUT2D eigenvalue weighted by molar-refractivity contribution is -0.126. The van der Waals surface area contributed by atoms with Crippen LogP contribution >= 0.6 is 0 Å². The molecule has 1 saturated heterocycles. The Hall–Kier alpha value is -1.91. The number of hydrogen-bond acceptors (Lipinski definition) is 4. The van der Waals surface area contributed by atoms with Crippen LogP contribution in [0.2, 0.25) is 0 Å². The standard InChI is InChI=1S/C18H25N3O3S/c1-3-4-11-20-18(22)16-10-9-14(2)21(13-16)25(23,24)17-8-6-5-7-15(17)12-19/h5-8,14,16H,3-4,9-11,13H2,1-2H3,(H,20,22)/t14-,16+/m1/s1. The lowest BCUT2D eigenvalue weighted by atomic mass is 9.94. The number of nitrogens with zero attached hydrogens (tertiary/aromatic N) is 2. The SMILES string of the molecule is CCCCNC(=O)[C@H]1CC[C@@H](C)N(S(=O)(=O)c2ccccc2C#N)C1. The molecule has 0 unspecified atom stereocenters. The Kier molecular flexibility index (Phi) is 6.57. The summed E-state index contributed by atoms with van der Waals surface area (Å²) >= 11 is 0. The Morgan fingerprint density at radius 1 is 1.36 bits per heavy atom. The van der Waals surface area contributed by atoms with Crippen molar-refractivity contribution in [2.24, 2.45) is 5.92 Å². The van der Waals surface area contributed by atoms with Gasteiger partial charge in [0.25, 0.3) is 0 Å². The highest BCUT2D eigenvalue weighted by molar-refractivity contribution is 7.89. The van der Waals surface area contributed by atoms with Crippen LogP contribution in [0.25, 0.3) is 0 Å². The Bertz CT molecular complexity index is 755. The van der Waals surface area contributed by atoms with E-state index >= 15 is 0 Å². The highest BCUT2D eigenvalue weighted by atomic mass is 32.2. The van der Waals surface area contributed by atoms with Crippen LogP contribution in [0.1, 0.15) is 45.1 Å². The van der Waals surface area contributed by atoms with Crippen LogP contribution in [0, 0.1) is 17.2 Å². The fraction of sp³-hybridized carbons (Fsp3) is 0.556. The largest absolute Gasteiger partial charge is 0.356 e. The molecule has 1 aliphatic heterocycles. The second-order valence-electron chi connectivity index (χ2n) is 6.45. The van der Waals surface area contributed by atoms with Crippen molar-refractivity contribution in [3.05, 3.63) is 29.8 Å². The molecule has 1 amide bonds. The first kappa shape index (κ1) is 19.4. The van der Waals surface area contributed by atoms with E-state index in [0.29, 0.717) is 19.4 Å². The molecule has 0 spiro atoms. The number of piperidine rings is 1. The molecule has 0 radical (unpaired) electrons. The molecule has 25 heavy (non-hydrogen) atoms. The third-order valence-corrected chi connectivity index (χ3v) is 6.66. The van der Waals surface area contributed by atoms with Gasteiger partial charge in [0.2, 0.25) is 15.9 Å². The molecule has 2 rings (SSSR count). The summed E-state index contributed by atoms with van der Waals surface area (Å²) in [5.41, 5.74) is 0.129. The van der Waals surface area contributed by atoms with E-state index in [1.165, 1.54) is 16.4 Å². The number of sulfonamides is 1. The van der Waals surface area contributed by atoms with Gasteiger partial charge in [-0.3, -0.25) is 4.79 Å². The minimum absolute atomic E-state index is 0.0105. The monoisotopic (exact) mass is 363 g/mol. The third kappa shape index (κ3) is 4.39. The summed E-state index contributed by atoms with van der Waals surface area (Å²) < 4.78 is 27.5. The third-order valence-electron chi connectivity index (χ3n) is 4.62. The van der Waals surface area contributed by atoms with E-state index in [0.717, 1.165) is 12.8 Å². The Labute approximate surface area is 149 Å².